The van der Waals surface area contributed by atoms with Crippen molar-refractivity contribution in [3.63, 3.8) is 0 Å². The SMILES string of the molecule is Cc1c(Br)cccc1C(=O)Nc1ccc(Br)c(Cl)c1Cl. The highest BCUT2D eigenvalue weighted by atomic mass is 79.9. The molecule has 6 heteroatoms. The van der Waals surface area contributed by atoms with E-state index in [1.54, 1.807) is 18.2 Å². The number of benzene rings is 2. The quantitative estimate of drug-likeness (QED) is 0.567. The van der Waals surface area contributed by atoms with Gasteiger partial charge in [0.15, 0.2) is 0 Å². The van der Waals surface area contributed by atoms with Crippen LogP contribution in [-0.2, 0) is 0 Å². The van der Waals surface area contributed by atoms with Crippen molar-refractivity contribution in [2.45, 2.75) is 6.92 Å². The summed E-state index contributed by atoms with van der Waals surface area (Å²) < 4.78 is 1.56. The number of hydrogen-bond donors (Lipinski definition) is 1. The van der Waals surface area contributed by atoms with Crippen molar-refractivity contribution in [1.82, 2.24) is 0 Å². The molecule has 2 aromatic carbocycles. The first-order valence-corrected chi connectivity index (χ1v) is 7.96. The highest BCUT2D eigenvalue weighted by molar-refractivity contribution is 9.10. The van der Waals surface area contributed by atoms with Crippen LogP contribution in [0.2, 0.25) is 10.0 Å². The summed E-state index contributed by atoms with van der Waals surface area (Å²) in [6, 6.07) is 8.88. The van der Waals surface area contributed by atoms with Gasteiger partial charge in [-0.25, -0.2) is 0 Å². The fraction of sp³-hybridized carbons (Fsp3) is 0.0714. The van der Waals surface area contributed by atoms with E-state index in [1.807, 2.05) is 19.1 Å². The number of rotatable bonds is 2. The Morgan fingerprint density at radius 3 is 2.45 bits per heavy atom. The maximum Gasteiger partial charge on any atom is 0.256 e. The zero-order valence-electron chi connectivity index (χ0n) is 10.3. The van der Waals surface area contributed by atoms with Crippen LogP contribution in [0, 0.1) is 6.92 Å². The Kier molecular flexibility index (Phi) is 5.13. The molecule has 0 aliphatic rings. The number of carbonyl (C=O) groups excluding carboxylic acids is 1. The largest absolute Gasteiger partial charge is 0.321 e. The highest BCUT2D eigenvalue weighted by Crippen LogP contribution is 2.36. The van der Waals surface area contributed by atoms with Gasteiger partial charge in [-0.15, -0.1) is 0 Å². The van der Waals surface area contributed by atoms with E-state index in [0.29, 0.717) is 25.8 Å². The van der Waals surface area contributed by atoms with E-state index in [9.17, 15) is 4.79 Å². The fourth-order valence-electron chi connectivity index (χ4n) is 1.67. The molecule has 0 radical (unpaired) electrons. The smallest absolute Gasteiger partial charge is 0.256 e. The number of carbonyl (C=O) groups is 1. The molecule has 2 nitrogen and oxygen atoms in total. The molecule has 0 bridgehead atoms. The van der Waals surface area contributed by atoms with Gasteiger partial charge in [0.2, 0.25) is 0 Å². The number of hydrogen-bond acceptors (Lipinski definition) is 1. The molecule has 0 fully saturated rings. The van der Waals surface area contributed by atoms with Crippen molar-refractivity contribution in [2.24, 2.45) is 0 Å². The molecule has 2 rings (SSSR count). The van der Waals surface area contributed by atoms with Crippen LogP contribution in [0.4, 0.5) is 5.69 Å². The molecule has 0 aromatic heterocycles. The lowest BCUT2D eigenvalue weighted by Gasteiger charge is -2.11. The number of anilines is 1. The average molecular weight is 438 g/mol. The van der Waals surface area contributed by atoms with Gasteiger partial charge in [0.1, 0.15) is 0 Å². The van der Waals surface area contributed by atoms with Crippen LogP contribution in [0.3, 0.4) is 0 Å². The van der Waals surface area contributed by atoms with Crippen molar-refractivity contribution >= 4 is 66.7 Å². The first-order valence-electron chi connectivity index (χ1n) is 5.61. The zero-order valence-corrected chi connectivity index (χ0v) is 15.0. The lowest BCUT2D eigenvalue weighted by molar-refractivity contribution is 0.102. The van der Waals surface area contributed by atoms with Gasteiger partial charge in [-0.3, -0.25) is 4.79 Å². The first kappa shape index (κ1) is 15.8. The average Bonchev–Trinajstić information content (AvgIpc) is 2.42. The first-order chi connectivity index (χ1) is 9.41. The molecule has 0 aliphatic heterocycles. The Labute approximate surface area is 143 Å². The number of halogens is 4. The molecular weight excluding hydrogens is 429 g/mol. The molecule has 104 valence electrons. The van der Waals surface area contributed by atoms with Gasteiger partial charge in [0, 0.05) is 14.5 Å². The van der Waals surface area contributed by atoms with Gasteiger partial charge in [-0.2, -0.15) is 0 Å². The second kappa shape index (κ2) is 6.48. The predicted octanol–water partition coefficient (Wildman–Crippen LogP) is 6.08. The number of amides is 1. The summed E-state index contributed by atoms with van der Waals surface area (Å²) in [5.41, 5.74) is 1.92. The van der Waals surface area contributed by atoms with Crippen LogP contribution in [0.25, 0.3) is 0 Å². The third kappa shape index (κ3) is 3.19. The third-order valence-electron chi connectivity index (χ3n) is 2.80. The summed E-state index contributed by atoms with van der Waals surface area (Å²) in [4.78, 5) is 12.3. The molecule has 0 unspecified atom stereocenters. The summed E-state index contributed by atoms with van der Waals surface area (Å²) in [5.74, 6) is -0.232. The van der Waals surface area contributed by atoms with Gasteiger partial charge in [0.05, 0.1) is 15.7 Å². The topological polar surface area (TPSA) is 29.1 Å². The van der Waals surface area contributed by atoms with Crippen LogP contribution < -0.4 is 5.32 Å². The zero-order chi connectivity index (χ0) is 14.9. The highest BCUT2D eigenvalue weighted by Gasteiger charge is 2.14. The summed E-state index contributed by atoms with van der Waals surface area (Å²) in [6.07, 6.45) is 0. The minimum Gasteiger partial charge on any atom is -0.321 e. The summed E-state index contributed by atoms with van der Waals surface area (Å²) in [5, 5.41) is 3.44. The normalized spacial score (nSPS) is 10.4. The van der Waals surface area contributed by atoms with E-state index in [4.69, 9.17) is 23.2 Å². The van der Waals surface area contributed by atoms with Gasteiger partial charge < -0.3 is 5.32 Å². The molecule has 0 saturated heterocycles. The van der Waals surface area contributed by atoms with Gasteiger partial charge >= 0.3 is 0 Å². The standard InChI is InChI=1S/C14H9Br2Cl2NO/c1-7-8(3-2-4-9(7)15)14(20)19-11-6-5-10(16)12(17)13(11)18/h2-6H,1H3,(H,19,20). The molecule has 0 heterocycles. The van der Waals surface area contributed by atoms with Crippen molar-refractivity contribution in [3.8, 4) is 0 Å². The summed E-state index contributed by atoms with van der Waals surface area (Å²) >= 11 is 18.8. The van der Waals surface area contributed by atoms with Crippen LogP contribution in [0.15, 0.2) is 39.3 Å². The van der Waals surface area contributed by atoms with Gasteiger partial charge in [-0.1, -0.05) is 45.2 Å². The van der Waals surface area contributed by atoms with E-state index >= 15 is 0 Å². The van der Waals surface area contributed by atoms with Crippen molar-refractivity contribution in [2.75, 3.05) is 5.32 Å². The Bertz CT molecular complexity index is 689. The third-order valence-corrected chi connectivity index (χ3v) is 5.43. The van der Waals surface area contributed by atoms with E-state index in [-0.39, 0.29) is 5.91 Å². The molecular formula is C14H9Br2Cl2NO. The molecule has 0 aliphatic carbocycles. The van der Waals surface area contributed by atoms with Crippen LogP contribution in [-0.4, -0.2) is 5.91 Å². The number of nitrogens with one attached hydrogen (secondary N) is 1. The molecule has 2 aromatic rings. The molecule has 0 saturated carbocycles. The summed E-state index contributed by atoms with van der Waals surface area (Å²) in [7, 11) is 0. The molecule has 0 spiro atoms. The minimum absolute atomic E-state index is 0.232. The second-order valence-electron chi connectivity index (χ2n) is 4.09. The summed E-state index contributed by atoms with van der Waals surface area (Å²) in [6.45, 7) is 1.87. The monoisotopic (exact) mass is 435 g/mol. The molecule has 1 amide bonds. The van der Waals surface area contributed by atoms with Crippen LogP contribution in [0.5, 0.6) is 0 Å². The van der Waals surface area contributed by atoms with Crippen LogP contribution in [0.1, 0.15) is 15.9 Å². The van der Waals surface area contributed by atoms with Crippen LogP contribution >= 0.6 is 55.1 Å². The van der Waals surface area contributed by atoms with Crippen molar-refractivity contribution in [1.29, 1.82) is 0 Å². The van der Waals surface area contributed by atoms with Gasteiger partial charge in [-0.05, 0) is 52.7 Å². The molecule has 1 N–H and O–H groups in total. The van der Waals surface area contributed by atoms with E-state index in [0.717, 1.165) is 10.0 Å². The fourth-order valence-corrected chi connectivity index (χ4v) is 2.85. The Morgan fingerprint density at radius 2 is 1.75 bits per heavy atom. The maximum atomic E-state index is 12.3. The lowest BCUT2D eigenvalue weighted by atomic mass is 10.1. The minimum atomic E-state index is -0.232. The Balaban J connectivity index is 2.33. The second-order valence-corrected chi connectivity index (χ2v) is 6.55. The predicted molar refractivity (Wildman–Crippen MR) is 91.0 cm³/mol. The lowest BCUT2D eigenvalue weighted by Crippen LogP contribution is -2.14. The Hall–Kier alpha value is -0.550. The van der Waals surface area contributed by atoms with Crippen molar-refractivity contribution in [3.05, 3.63) is 60.4 Å². The van der Waals surface area contributed by atoms with E-state index < -0.39 is 0 Å². The maximum absolute atomic E-state index is 12.3. The van der Waals surface area contributed by atoms with E-state index in [2.05, 4.69) is 37.2 Å². The van der Waals surface area contributed by atoms with E-state index in [1.165, 1.54) is 0 Å². The molecule has 20 heavy (non-hydrogen) atoms. The molecule has 0 atom stereocenters. The van der Waals surface area contributed by atoms with Crippen molar-refractivity contribution < 1.29 is 4.79 Å². The Morgan fingerprint density at radius 1 is 1.05 bits per heavy atom. The van der Waals surface area contributed by atoms with Gasteiger partial charge in [0.25, 0.3) is 5.91 Å².